The lowest BCUT2D eigenvalue weighted by molar-refractivity contribution is -0.523. The van der Waals surface area contributed by atoms with Gasteiger partial charge in [-0.25, -0.2) is 14.9 Å². The molecule has 0 radical (unpaired) electrons. The monoisotopic (exact) mass is 568 g/mol. The highest BCUT2D eigenvalue weighted by Crippen LogP contribution is 2.38. The van der Waals surface area contributed by atoms with Gasteiger partial charge in [0.2, 0.25) is 0 Å². The molecule has 0 saturated carbocycles. The first-order chi connectivity index (χ1) is 17.3. The van der Waals surface area contributed by atoms with E-state index in [1.165, 1.54) is 18.4 Å². The molecule has 2 aromatic heterocycles. The van der Waals surface area contributed by atoms with Crippen LogP contribution in [0.1, 0.15) is 33.8 Å². The van der Waals surface area contributed by atoms with E-state index < -0.39 is 0 Å². The number of benzene rings is 1. The molecule has 0 spiro atoms. The second kappa shape index (κ2) is 11.6. The van der Waals surface area contributed by atoms with Crippen LogP contribution in [0.4, 0.5) is 11.5 Å². The molecule has 0 bridgehead atoms. The number of ether oxygens (including phenoxy) is 2. The summed E-state index contributed by atoms with van der Waals surface area (Å²) in [7, 11) is 3.42. The van der Waals surface area contributed by atoms with Crippen molar-refractivity contribution in [2.75, 3.05) is 37.9 Å². The highest BCUT2D eigenvalue weighted by molar-refractivity contribution is 7.13. The number of amides is 1. The number of amidine groups is 1. The topological polar surface area (TPSA) is 87.5 Å². The lowest BCUT2D eigenvalue weighted by Crippen LogP contribution is -2.27. The van der Waals surface area contributed by atoms with Gasteiger partial charge in [0.25, 0.3) is 5.91 Å². The maximum absolute atomic E-state index is 13.3. The maximum Gasteiger partial charge on any atom is 0.444 e. The number of carbonyl (C=O) groups is 1. The Morgan fingerprint density at radius 2 is 2.11 bits per heavy atom. The summed E-state index contributed by atoms with van der Waals surface area (Å²) in [4.78, 5) is 18.0. The number of halogens is 3. The normalized spacial score (nSPS) is 15.1. The second-order valence-corrected chi connectivity index (χ2v) is 10.2. The standard InChI is InChI=1S/C24H24Cl3N5O3S/c1-13(30-19-5-4-15(25)10-29-19)17-8-16(26)9-18(34-3)21(17)31-23(33)22-20(27)14(12-36-22)11-32(2)24-28-6-7-35-24/h4-5,8-10,12-13H,6-7,11H2,1-3H3,(H2,29,30,31,33)/p+1. The van der Waals surface area contributed by atoms with E-state index in [-0.39, 0.29) is 11.9 Å². The molecule has 1 unspecified atom stereocenters. The van der Waals surface area contributed by atoms with E-state index in [0.717, 1.165) is 17.7 Å². The van der Waals surface area contributed by atoms with Crippen molar-refractivity contribution < 1.29 is 18.8 Å². The van der Waals surface area contributed by atoms with Crippen molar-refractivity contribution in [2.45, 2.75) is 19.5 Å². The van der Waals surface area contributed by atoms with E-state index in [2.05, 4.69) is 20.9 Å². The molecule has 1 atom stereocenters. The van der Waals surface area contributed by atoms with Crippen LogP contribution in [-0.2, 0) is 11.3 Å². The zero-order valence-electron chi connectivity index (χ0n) is 19.8. The first-order valence-electron chi connectivity index (χ1n) is 11.0. The number of carbonyl (C=O) groups excluding carboxylic acids is 1. The molecule has 1 amide bonds. The fraction of sp³-hybridized carbons (Fsp3) is 0.292. The Morgan fingerprint density at radius 1 is 1.31 bits per heavy atom. The van der Waals surface area contributed by atoms with Crippen LogP contribution in [0.3, 0.4) is 0 Å². The summed E-state index contributed by atoms with van der Waals surface area (Å²) in [6.45, 7) is 3.81. The first kappa shape index (κ1) is 26.3. The Balaban J connectivity index is 1.59. The SMILES string of the molecule is COc1cc(Cl)cc(C(C)Nc2ccc(Cl)cn2)c1NC(=O)c1scc(C/[N+](C)=C2\NCCO2)c1Cl. The number of nitrogens with zero attached hydrogens (tertiary/aromatic N) is 2. The molecule has 8 nitrogen and oxygen atoms in total. The van der Waals surface area contributed by atoms with Gasteiger partial charge in [-0.1, -0.05) is 34.8 Å². The Kier molecular flexibility index (Phi) is 8.46. The number of hydrogen-bond donors (Lipinski definition) is 3. The molecule has 1 saturated heterocycles. The minimum absolute atomic E-state index is 0.277. The predicted octanol–water partition coefficient (Wildman–Crippen LogP) is 5.66. The van der Waals surface area contributed by atoms with Gasteiger partial charge in [-0.2, -0.15) is 0 Å². The summed E-state index contributed by atoms with van der Waals surface area (Å²) in [5, 5.41) is 12.7. The van der Waals surface area contributed by atoms with E-state index in [4.69, 9.17) is 44.3 Å². The summed E-state index contributed by atoms with van der Waals surface area (Å²) in [5.41, 5.74) is 2.03. The smallest absolute Gasteiger partial charge is 0.444 e. The van der Waals surface area contributed by atoms with Gasteiger partial charge in [-0.05, 0) is 25.1 Å². The molecule has 4 rings (SSSR count). The Hall–Kier alpha value is -2.72. The van der Waals surface area contributed by atoms with Crippen LogP contribution in [0.2, 0.25) is 15.1 Å². The van der Waals surface area contributed by atoms with Crippen LogP contribution < -0.4 is 20.7 Å². The van der Waals surface area contributed by atoms with Crippen LogP contribution >= 0.6 is 46.1 Å². The van der Waals surface area contributed by atoms with Gasteiger partial charge in [-0.15, -0.1) is 11.3 Å². The molecule has 190 valence electrons. The Morgan fingerprint density at radius 3 is 2.78 bits per heavy atom. The van der Waals surface area contributed by atoms with Gasteiger partial charge in [0.15, 0.2) is 0 Å². The summed E-state index contributed by atoms with van der Waals surface area (Å²) in [6, 6.07) is 7.35. The molecule has 1 aromatic carbocycles. The van der Waals surface area contributed by atoms with Crippen molar-refractivity contribution >= 4 is 69.6 Å². The van der Waals surface area contributed by atoms with Crippen molar-refractivity contribution in [3.63, 3.8) is 0 Å². The third-order valence-corrected chi connectivity index (χ3v) is 7.51. The number of anilines is 2. The summed E-state index contributed by atoms with van der Waals surface area (Å²) < 4.78 is 13.0. The minimum atomic E-state index is -0.347. The van der Waals surface area contributed by atoms with Crippen molar-refractivity contribution in [2.24, 2.45) is 0 Å². The number of pyridine rings is 1. The van der Waals surface area contributed by atoms with Gasteiger partial charge in [-0.3, -0.25) is 4.79 Å². The quantitative estimate of drug-likeness (QED) is 0.304. The van der Waals surface area contributed by atoms with E-state index in [0.29, 0.717) is 56.4 Å². The predicted molar refractivity (Wildman–Crippen MR) is 145 cm³/mol. The summed E-state index contributed by atoms with van der Waals surface area (Å²) >= 11 is 20.2. The average molecular weight is 570 g/mol. The lowest BCUT2D eigenvalue weighted by Gasteiger charge is -2.21. The highest BCUT2D eigenvalue weighted by Gasteiger charge is 2.24. The average Bonchev–Trinajstić information content (AvgIpc) is 3.52. The fourth-order valence-electron chi connectivity index (χ4n) is 3.74. The van der Waals surface area contributed by atoms with Gasteiger partial charge in [0, 0.05) is 33.8 Å². The Bertz CT molecular complexity index is 1290. The van der Waals surface area contributed by atoms with Gasteiger partial charge in [0.05, 0.1) is 35.9 Å². The van der Waals surface area contributed by atoms with Crippen LogP contribution in [0.25, 0.3) is 0 Å². The number of rotatable bonds is 8. The van der Waals surface area contributed by atoms with Crippen molar-refractivity contribution in [1.29, 1.82) is 0 Å². The molecule has 0 aliphatic carbocycles. The van der Waals surface area contributed by atoms with Gasteiger partial charge in [0.1, 0.15) is 36.1 Å². The zero-order valence-corrected chi connectivity index (χ0v) is 22.9. The number of thiophene rings is 1. The minimum Gasteiger partial charge on any atom is -0.495 e. The molecule has 3 N–H and O–H groups in total. The highest BCUT2D eigenvalue weighted by atomic mass is 35.5. The summed E-state index contributed by atoms with van der Waals surface area (Å²) in [6.07, 6.45) is 1.55. The van der Waals surface area contributed by atoms with E-state index in [1.54, 1.807) is 30.5 Å². The van der Waals surface area contributed by atoms with Crippen molar-refractivity contribution in [1.82, 2.24) is 10.3 Å². The molecule has 1 fully saturated rings. The first-order valence-corrected chi connectivity index (χ1v) is 13.1. The molecule has 1 aliphatic heterocycles. The molecule has 1 aliphatic rings. The van der Waals surface area contributed by atoms with Gasteiger partial charge < -0.3 is 20.1 Å². The van der Waals surface area contributed by atoms with Gasteiger partial charge >= 0.3 is 6.02 Å². The molecule has 3 heterocycles. The second-order valence-electron chi connectivity index (χ2n) is 8.09. The van der Waals surface area contributed by atoms with Crippen LogP contribution in [-0.4, -0.2) is 48.8 Å². The Labute approximate surface area is 228 Å². The number of aromatic nitrogens is 1. The van der Waals surface area contributed by atoms with Crippen molar-refractivity contribution in [3.05, 3.63) is 66.9 Å². The van der Waals surface area contributed by atoms with Crippen LogP contribution in [0, 0.1) is 0 Å². The van der Waals surface area contributed by atoms with E-state index >= 15 is 0 Å². The number of hydrogen-bond acceptors (Lipinski definition) is 6. The molecule has 36 heavy (non-hydrogen) atoms. The third-order valence-electron chi connectivity index (χ3n) is 5.49. The largest absolute Gasteiger partial charge is 0.495 e. The van der Waals surface area contributed by atoms with Crippen LogP contribution in [0.5, 0.6) is 5.75 Å². The maximum atomic E-state index is 13.3. The van der Waals surface area contributed by atoms with E-state index in [9.17, 15) is 4.79 Å². The molecule has 3 aromatic rings. The number of nitrogens with one attached hydrogen (secondary N) is 3. The summed E-state index contributed by atoms with van der Waals surface area (Å²) in [5.74, 6) is 0.703. The molecule has 12 heteroatoms. The lowest BCUT2D eigenvalue weighted by atomic mass is 10.0. The molecular weight excluding hydrogens is 545 g/mol. The number of methoxy groups -OCH3 is 1. The van der Waals surface area contributed by atoms with Crippen LogP contribution in [0.15, 0.2) is 35.8 Å². The van der Waals surface area contributed by atoms with E-state index in [1.807, 2.05) is 23.9 Å². The molecular formula is C24H25Cl3N5O3S+. The zero-order chi connectivity index (χ0) is 25.8. The third kappa shape index (κ3) is 5.98. The van der Waals surface area contributed by atoms with Crippen molar-refractivity contribution in [3.8, 4) is 5.75 Å². The fourth-order valence-corrected chi connectivity index (χ4v) is 5.31.